The zero-order valence-corrected chi connectivity index (χ0v) is 21.2. The number of aromatic nitrogens is 1. The maximum Gasteiger partial charge on any atom is 0.256 e. The smallest absolute Gasteiger partial charge is 0.256 e. The van der Waals surface area contributed by atoms with E-state index in [1.54, 1.807) is 57.4 Å². The minimum absolute atomic E-state index is 0.0860. The van der Waals surface area contributed by atoms with E-state index >= 15 is 0 Å². The second-order valence-corrected chi connectivity index (χ2v) is 8.77. The Kier molecular flexibility index (Phi) is 8.81. The maximum absolute atomic E-state index is 12.9. The molecule has 0 aliphatic carbocycles. The molecule has 2 unspecified atom stereocenters. The van der Waals surface area contributed by atoms with E-state index in [1.807, 2.05) is 12.1 Å². The van der Waals surface area contributed by atoms with Crippen LogP contribution in [0.5, 0.6) is 0 Å². The number of hydrogen-bond donors (Lipinski definition) is 6. The Morgan fingerprint density at radius 3 is 2.59 bits per heavy atom. The second-order valence-electron chi connectivity index (χ2n) is 8.77. The molecule has 1 aliphatic heterocycles. The van der Waals surface area contributed by atoms with Crippen molar-refractivity contribution in [2.45, 2.75) is 38.9 Å². The molecule has 0 saturated heterocycles. The van der Waals surface area contributed by atoms with Crippen molar-refractivity contribution >= 4 is 17.5 Å². The third-order valence-corrected chi connectivity index (χ3v) is 5.90. The van der Waals surface area contributed by atoms with E-state index in [4.69, 9.17) is 17.2 Å². The van der Waals surface area contributed by atoms with Crippen LogP contribution in [0.3, 0.4) is 0 Å². The molecule has 1 aliphatic rings. The minimum Gasteiger partial charge on any atom is -0.507 e. The zero-order chi connectivity index (χ0) is 27.1. The van der Waals surface area contributed by atoms with Gasteiger partial charge in [0, 0.05) is 66.6 Å². The van der Waals surface area contributed by atoms with Crippen LogP contribution in [0.2, 0.25) is 0 Å². The first-order valence-electron chi connectivity index (χ1n) is 11.8. The predicted octanol–water partition coefficient (Wildman–Crippen LogP) is 1.80. The Hall–Kier alpha value is -4.44. The van der Waals surface area contributed by atoms with Crippen LogP contribution < -0.4 is 27.8 Å². The number of aliphatic hydroxyl groups is 1. The Bertz CT molecular complexity index is 1290. The van der Waals surface area contributed by atoms with Gasteiger partial charge in [-0.15, -0.1) is 0 Å². The van der Waals surface area contributed by atoms with Crippen molar-refractivity contribution in [1.29, 1.82) is 0 Å². The van der Waals surface area contributed by atoms with Crippen molar-refractivity contribution in [2.75, 3.05) is 7.05 Å². The molecule has 3 rings (SSSR count). The number of amides is 2. The van der Waals surface area contributed by atoms with Gasteiger partial charge in [-0.05, 0) is 43.7 Å². The average Bonchev–Trinajstić information content (AvgIpc) is 2.87. The summed E-state index contributed by atoms with van der Waals surface area (Å²) in [7, 11) is 1.58. The van der Waals surface area contributed by atoms with Gasteiger partial charge in [-0.25, -0.2) is 0 Å². The number of aliphatic hydroxyl groups excluding tert-OH is 1. The van der Waals surface area contributed by atoms with Crippen molar-refractivity contribution in [2.24, 2.45) is 22.2 Å². The van der Waals surface area contributed by atoms with Crippen LogP contribution in [0, 0.1) is 0 Å². The standard InChI is InChI=1S/C27H33N7O3/c1-15(29)9-20-11-22(30)24(16(2)34-20)25(35)21(12-28)27(37)33-14-17-7-8-23(32-13-17)18-5-4-6-19(10-18)26(36)31-3/h4-10,12-13,16,22,35H,11,14,28-30H2,1-3H3,(H,31,36)(H,33,37)/b15-9-,21-12+,25-24+. The fourth-order valence-electron chi connectivity index (χ4n) is 4.11. The molecule has 9 N–H and O–H groups in total. The molecule has 0 saturated carbocycles. The molecule has 1 aromatic carbocycles. The van der Waals surface area contributed by atoms with E-state index in [9.17, 15) is 14.7 Å². The summed E-state index contributed by atoms with van der Waals surface area (Å²) in [6.07, 6.45) is 4.81. The Balaban J connectivity index is 1.71. The monoisotopic (exact) mass is 503 g/mol. The number of aliphatic imine (C=N–C) groups is 1. The number of carbonyl (C=O) groups is 2. The van der Waals surface area contributed by atoms with E-state index in [1.165, 1.54) is 0 Å². The molecule has 0 spiro atoms. The van der Waals surface area contributed by atoms with Crippen molar-refractivity contribution in [3.8, 4) is 11.3 Å². The van der Waals surface area contributed by atoms with Crippen molar-refractivity contribution in [1.82, 2.24) is 15.6 Å². The lowest BCUT2D eigenvalue weighted by atomic mass is 9.89. The highest BCUT2D eigenvalue weighted by Crippen LogP contribution is 2.26. The molecule has 1 aromatic heterocycles. The molecular formula is C27H33N7O3. The summed E-state index contributed by atoms with van der Waals surface area (Å²) in [5.41, 5.74) is 22.2. The Morgan fingerprint density at radius 1 is 1.24 bits per heavy atom. The van der Waals surface area contributed by atoms with Crippen LogP contribution in [0.4, 0.5) is 0 Å². The highest BCUT2D eigenvalue weighted by molar-refractivity contribution is 5.99. The molecule has 2 amide bonds. The largest absolute Gasteiger partial charge is 0.507 e. The van der Waals surface area contributed by atoms with Crippen LogP contribution in [0.15, 0.2) is 82.5 Å². The van der Waals surface area contributed by atoms with Gasteiger partial charge in [-0.2, -0.15) is 0 Å². The highest BCUT2D eigenvalue weighted by atomic mass is 16.3. The van der Waals surface area contributed by atoms with Crippen LogP contribution in [-0.4, -0.2) is 46.7 Å². The molecular weight excluding hydrogens is 470 g/mol. The van der Waals surface area contributed by atoms with Crippen molar-refractivity contribution in [3.63, 3.8) is 0 Å². The summed E-state index contributed by atoms with van der Waals surface area (Å²) in [4.78, 5) is 33.7. The minimum atomic E-state index is -0.554. The van der Waals surface area contributed by atoms with Crippen molar-refractivity contribution < 1.29 is 14.7 Å². The van der Waals surface area contributed by atoms with Gasteiger partial charge in [0.2, 0.25) is 0 Å². The summed E-state index contributed by atoms with van der Waals surface area (Å²) in [6, 6.07) is 9.77. The number of nitrogens with one attached hydrogen (secondary N) is 2. The lowest BCUT2D eigenvalue weighted by Crippen LogP contribution is -2.37. The molecule has 0 bridgehead atoms. The molecule has 37 heavy (non-hydrogen) atoms. The number of allylic oxidation sites excluding steroid dienone is 2. The SMILES string of the molecule is CNC(=O)c1cccc(-c2ccc(CNC(=O)C(=C/N)/C(O)=C3\C(N)CC(/C=C(/C)N)=NC3C)cn2)c1. The number of nitrogens with zero attached hydrogens (tertiary/aromatic N) is 2. The van der Waals surface area contributed by atoms with E-state index in [2.05, 4.69) is 20.6 Å². The summed E-state index contributed by atoms with van der Waals surface area (Å²) >= 11 is 0. The summed E-state index contributed by atoms with van der Waals surface area (Å²) in [5.74, 6) is -1.01. The van der Waals surface area contributed by atoms with Gasteiger partial charge in [0.15, 0.2) is 0 Å². The normalized spacial score (nSPS) is 19.6. The van der Waals surface area contributed by atoms with Crippen LogP contribution in [-0.2, 0) is 11.3 Å². The van der Waals surface area contributed by atoms with Gasteiger partial charge >= 0.3 is 0 Å². The van der Waals surface area contributed by atoms with Crippen LogP contribution in [0.25, 0.3) is 11.3 Å². The lowest BCUT2D eigenvalue weighted by Gasteiger charge is -2.27. The number of carbonyl (C=O) groups excluding carboxylic acids is 2. The van der Waals surface area contributed by atoms with E-state index in [0.717, 1.165) is 23.0 Å². The molecule has 2 aromatic rings. The van der Waals surface area contributed by atoms with Gasteiger partial charge in [0.25, 0.3) is 11.8 Å². The van der Waals surface area contributed by atoms with Gasteiger partial charge in [0.05, 0.1) is 17.3 Å². The highest BCUT2D eigenvalue weighted by Gasteiger charge is 2.29. The van der Waals surface area contributed by atoms with Gasteiger partial charge in [-0.3, -0.25) is 19.6 Å². The fourth-order valence-corrected chi connectivity index (χ4v) is 4.11. The third kappa shape index (κ3) is 6.62. The van der Waals surface area contributed by atoms with Gasteiger partial charge in [0.1, 0.15) is 5.76 Å². The third-order valence-electron chi connectivity index (χ3n) is 5.90. The summed E-state index contributed by atoms with van der Waals surface area (Å²) < 4.78 is 0. The Labute approximate surface area is 216 Å². The molecule has 0 fully saturated rings. The number of hydrogen-bond acceptors (Lipinski definition) is 8. The molecule has 2 heterocycles. The summed E-state index contributed by atoms with van der Waals surface area (Å²) in [6.45, 7) is 3.71. The van der Waals surface area contributed by atoms with Crippen LogP contribution >= 0.6 is 0 Å². The fraction of sp³-hybridized carbons (Fsp3) is 0.259. The topological polar surface area (TPSA) is 182 Å². The quantitative estimate of drug-likeness (QED) is 0.246. The molecule has 194 valence electrons. The predicted molar refractivity (Wildman–Crippen MR) is 144 cm³/mol. The maximum atomic E-state index is 12.9. The first-order valence-corrected chi connectivity index (χ1v) is 11.8. The number of pyridine rings is 1. The van der Waals surface area contributed by atoms with Gasteiger partial charge < -0.3 is 32.9 Å². The second kappa shape index (κ2) is 12.0. The zero-order valence-electron chi connectivity index (χ0n) is 21.2. The molecule has 10 heteroatoms. The van der Waals surface area contributed by atoms with Crippen molar-refractivity contribution in [3.05, 3.63) is 88.6 Å². The summed E-state index contributed by atoms with van der Waals surface area (Å²) in [5, 5.41) is 16.2. The average molecular weight is 504 g/mol. The number of rotatable bonds is 7. The first kappa shape index (κ1) is 27.2. The van der Waals surface area contributed by atoms with E-state index in [0.29, 0.717) is 28.9 Å². The number of nitrogens with two attached hydrogens (primary N) is 3. The molecule has 0 radical (unpaired) electrons. The molecule has 10 nitrogen and oxygen atoms in total. The van der Waals surface area contributed by atoms with E-state index in [-0.39, 0.29) is 23.8 Å². The number of benzene rings is 1. The van der Waals surface area contributed by atoms with E-state index < -0.39 is 18.0 Å². The lowest BCUT2D eigenvalue weighted by molar-refractivity contribution is -0.117. The molecule has 2 atom stereocenters. The van der Waals surface area contributed by atoms with Gasteiger partial charge in [-0.1, -0.05) is 18.2 Å². The Morgan fingerprint density at radius 2 is 2.00 bits per heavy atom. The van der Waals surface area contributed by atoms with Crippen LogP contribution in [0.1, 0.15) is 36.2 Å². The first-order chi connectivity index (χ1) is 17.6.